The fraction of sp³-hybridized carbons (Fsp3) is 0.149. The number of phenols is 2. The van der Waals surface area contributed by atoms with Gasteiger partial charge < -0.3 is 35.1 Å². The minimum atomic E-state index is -1.41. The van der Waals surface area contributed by atoms with E-state index < -0.39 is 25.5 Å². The molecule has 1 spiro atoms. The lowest BCUT2D eigenvalue weighted by Crippen LogP contribution is -2.33. The van der Waals surface area contributed by atoms with Crippen LogP contribution in [0.1, 0.15) is 77.4 Å². The van der Waals surface area contributed by atoms with Crippen LogP contribution in [-0.4, -0.2) is 54.2 Å². The number of fused-ring (bicyclic) bond motifs is 6. The van der Waals surface area contributed by atoms with Crippen molar-refractivity contribution in [2.24, 2.45) is 0 Å². The van der Waals surface area contributed by atoms with Gasteiger partial charge in [0.1, 0.15) is 23.0 Å². The van der Waals surface area contributed by atoms with Gasteiger partial charge in [-0.1, -0.05) is 66.7 Å². The van der Waals surface area contributed by atoms with Crippen LogP contribution < -0.4 is 31.3 Å². The van der Waals surface area contributed by atoms with Crippen molar-refractivity contribution in [3.05, 3.63) is 172 Å². The lowest BCUT2D eigenvalue weighted by Gasteiger charge is -2.36. The molecule has 59 heavy (non-hydrogen) atoms. The lowest BCUT2D eigenvalue weighted by atomic mass is 9.77. The second-order valence-electron chi connectivity index (χ2n) is 14.1. The Balaban J connectivity index is 0.889. The second kappa shape index (κ2) is 16.5. The number of hydrogen-bond acceptors (Lipinski definition) is 9. The highest BCUT2D eigenvalue weighted by Crippen LogP contribution is 2.57. The third kappa shape index (κ3) is 7.48. The molecule has 2 aliphatic rings. The normalized spacial score (nSPS) is 13.1. The van der Waals surface area contributed by atoms with Gasteiger partial charge >= 0.3 is 11.9 Å². The van der Waals surface area contributed by atoms with Crippen molar-refractivity contribution < 1.29 is 43.6 Å². The number of ether oxygens (including phenoxy) is 3. The van der Waals surface area contributed by atoms with Crippen LogP contribution in [0.4, 0.5) is 0 Å². The average Bonchev–Trinajstić information content (AvgIpc) is 3.54. The van der Waals surface area contributed by atoms with Crippen molar-refractivity contribution >= 4 is 47.6 Å². The number of esters is 2. The Kier molecular flexibility index (Phi) is 10.9. The molecule has 2 heterocycles. The molecule has 0 aromatic heterocycles. The molecule has 0 fully saturated rings. The first-order chi connectivity index (χ1) is 28.7. The summed E-state index contributed by atoms with van der Waals surface area (Å²) in [7, 11) is 0.169. The summed E-state index contributed by atoms with van der Waals surface area (Å²) in [6.45, 7) is 0.794. The molecule has 0 atom stereocenters. The SMILES string of the molecule is COC(=O)c1ccc(C(=O)NCCCCCNC(=O)c2ccc3c(c2)C(=O)OC32c3ccc(O)cc3Oc3cc(O)ccc32)cc1P(c1ccccc1)c1ccccc1. The molecule has 11 nitrogen and oxygen atoms in total. The van der Waals surface area contributed by atoms with Crippen LogP contribution in [0.15, 0.2) is 133 Å². The number of hydrogen-bond donors (Lipinski definition) is 4. The number of phenolic OH excluding ortho intramolecular Hbond substituents is 2. The lowest BCUT2D eigenvalue weighted by molar-refractivity contribution is 0.0223. The zero-order chi connectivity index (χ0) is 41.1. The van der Waals surface area contributed by atoms with Gasteiger partial charge in [0, 0.05) is 58.3 Å². The van der Waals surface area contributed by atoms with Crippen molar-refractivity contribution in [3.63, 3.8) is 0 Å². The van der Waals surface area contributed by atoms with Gasteiger partial charge in [-0.2, -0.15) is 0 Å². The number of nitrogens with one attached hydrogen (secondary N) is 2. The van der Waals surface area contributed by atoms with Crippen LogP contribution in [0, 0.1) is 0 Å². The fourth-order valence-electron chi connectivity index (χ4n) is 7.60. The third-order valence-corrected chi connectivity index (χ3v) is 12.9. The highest BCUT2D eigenvalue weighted by Gasteiger charge is 2.53. The first-order valence-corrected chi connectivity index (χ1v) is 20.4. The molecule has 0 aliphatic carbocycles. The number of methoxy groups -OCH3 is 1. The van der Waals surface area contributed by atoms with Gasteiger partial charge in [0.15, 0.2) is 5.60 Å². The highest BCUT2D eigenvalue weighted by molar-refractivity contribution is 7.80. The summed E-state index contributed by atoms with van der Waals surface area (Å²) in [5.41, 5.74) is 1.44. The topological polar surface area (TPSA) is 160 Å². The van der Waals surface area contributed by atoms with E-state index in [0.29, 0.717) is 53.7 Å². The first kappa shape index (κ1) is 38.9. The molecule has 0 saturated heterocycles. The summed E-state index contributed by atoms with van der Waals surface area (Å²) in [5, 5.41) is 29.0. The standard InChI is InChI=1S/C47H39N2O9P/c1-56-45(54)35-19-15-30(26-42(35)59(33-11-5-2-6-12-33)34-13-7-3-8-14-34)44(53)49-24-10-4-9-23-48-43(52)29-16-20-37-36(25-29)46(55)58-47(37)38-21-17-31(50)27-40(38)57-41-28-32(51)18-22-39(41)47/h2-3,5-8,11-22,25-28,50-51H,4,9-10,23-24H2,1H3,(H,48,52)(H,49,53). The van der Waals surface area contributed by atoms with Gasteiger partial charge in [0.25, 0.3) is 11.8 Å². The van der Waals surface area contributed by atoms with Crippen molar-refractivity contribution in [2.45, 2.75) is 24.9 Å². The number of rotatable bonds is 12. The number of carbonyl (C=O) groups is 4. The summed E-state index contributed by atoms with van der Waals surface area (Å²) in [6.07, 6.45) is 2.05. The molecule has 0 bridgehead atoms. The van der Waals surface area contributed by atoms with E-state index >= 15 is 0 Å². The molecular formula is C47H39N2O9P. The maximum atomic E-state index is 13.4. The Labute approximate surface area is 341 Å². The first-order valence-electron chi connectivity index (χ1n) is 19.1. The minimum absolute atomic E-state index is 0.0426. The molecule has 12 heteroatoms. The van der Waals surface area contributed by atoms with E-state index in [4.69, 9.17) is 14.2 Å². The van der Waals surface area contributed by atoms with Crippen LogP contribution >= 0.6 is 7.92 Å². The van der Waals surface area contributed by atoms with E-state index in [1.807, 2.05) is 60.7 Å². The minimum Gasteiger partial charge on any atom is -0.508 e. The summed E-state index contributed by atoms with van der Waals surface area (Å²) >= 11 is 0. The summed E-state index contributed by atoms with van der Waals surface area (Å²) in [6, 6.07) is 38.8. The number of unbranched alkanes of at least 4 members (excludes halogenated alkanes) is 2. The largest absolute Gasteiger partial charge is 0.508 e. The van der Waals surface area contributed by atoms with Crippen molar-refractivity contribution in [3.8, 4) is 23.0 Å². The van der Waals surface area contributed by atoms with E-state index in [-0.39, 0.29) is 45.9 Å². The third-order valence-electron chi connectivity index (χ3n) is 10.4. The van der Waals surface area contributed by atoms with Crippen LogP contribution in [0.5, 0.6) is 23.0 Å². The molecule has 0 radical (unpaired) electrons. The Hall–Kier alpha value is -6.97. The van der Waals surface area contributed by atoms with Crippen molar-refractivity contribution in [2.75, 3.05) is 20.2 Å². The van der Waals surface area contributed by atoms with E-state index in [2.05, 4.69) is 10.6 Å². The summed E-state index contributed by atoms with van der Waals surface area (Å²) in [4.78, 5) is 53.0. The molecule has 296 valence electrons. The Morgan fingerprint density at radius 1 is 0.644 bits per heavy atom. The number of aromatic hydroxyl groups is 2. The van der Waals surface area contributed by atoms with Gasteiger partial charge in [-0.15, -0.1) is 0 Å². The van der Waals surface area contributed by atoms with E-state index in [1.54, 1.807) is 42.5 Å². The summed E-state index contributed by atoms with van der Waals surface area (Å²) in [5.74, 6) is -1.25. The average molecular weight is 807 g/mol. The Bertz CT molecular complexity index is 2510. The van der Waals surface area contributed by atoms with Gasteiger partial charge in [0.05, 0.1) is 18.2 Å². The van der Waals surface area contributed by atoms with E-state index in [1.165, 1.54) is 37.4 Å². The zero-order valence-electron chi connectivity index (χ0n) is 31.9. The quantitative estimate of drug-likeness (QED) is 0.0612. The Morgan fingerprint density at radius 2 is 1.17 bits per heavy atom. The van der Waals surface area contributed by atoms with Crippen LogP contribution in [0.2, 0.25) is 0 Å². The van der Waals surface area contributed by atoms with Crippen molar-refractivity contribution in [1.82, 2.24) is 10.6 Å². The molecule has 2 aliphatic heterocycles. The van der Waals surface area contributed by atoms with Crippen LogP contribution in [0.3, 0.4) is 0 Å². The van der Waals surface area contributed by atoms with Crippen LogP contribution in [-0.2, 0) is 15.1 Å². The number of carbonyl (C=O) groups excluding carboxylic acids is 4. The monoisotopic (exact) mass is 806 g/mol. The summed E-state index contributed by atoms with van der Waals surface area (Å²) < 4.78 is 17.2. The molecule has 8 rings (SSSR count). The number of amides is 2. The van der Waals surface area contributed by atoms with Crippen molar-refractivity contribution in [1.29, 1.82) is 0 Å². The van der Waals surface area contributed by atoms with Gasteiger partial charge in [-0.25, -0.2) is 9.59 Å². The maximum Gasteiger partial charge on any atom is 0.340 e. The van der Waals surface area contributed by atoms with Gasteiger partial charge in [-0.3, -0.25) is 9.59 Å². The molecule has 6 aromatic rings. The fourth-order valence-corrected chi connectivity index (χ4v) is 10.1. The predicted octanol–water partition coefficient (Wildman–Crippen LogP) is 6.54. The predicted molar refractivity (Wildman–Crippen MR) is 223 cm³/mol. The van der Waals surface area contributed by atoms with Gasteiger partial charge in [-0.05, 0) is 92.4 Å². The Morgan fingerprint density at radius 3 is 1.73 bits per heavy atom. The number of benzene rings is 6. The maximum absolute atomic E-state index is 13.4. The van der Waals surface area contributed by atoms with E-state index in [9.17, 15) is 29.4 Å². The highest BCUT2D eigenvalue weighted by atomic mass is 31.1. The zero-order valence-corrected chi connectivity index (χ0v) is 32.8. The molecular weight excluding hydrogens is 767 g/mol. The molecule has 0 unspecified atom stereocenters. The second-order valence-corrected chi connectivity index (χ2v) is 16.3. The smallest absolute Gasteiger partial charge is 0.340 e. The van der Waals surface area contributed by atoms with E-state index in [0.717, 1.165) is 22.3 Å². The van der Waals surface area contributed by atoms with Gasteiger partial charge in [0.2, 0.25) is 0 Å². The molecule has 0 saturated carbocycles. The van der Waals surface area contributed by atoms with Crippen LogP contribution in [0.25, 0.3) is 0 Å². The molecule has 4 N–H and O–H groups in total. The molecule has 2 amide bonds. The molecule has 6 aromatic carbocycles.